The Morgan fingerprint density at radius 2 is 2.00 bits per heavy atom. The van der Waals surface area contributed by atoms with Crippen molar-refractivity contribution in [3.63, 3.8) is 0 Å². The maximum Gasteiger partial charge on any atom is 0.272 e. The van der Waals surface area contributed by atoms with Crippen LogP contribution in [0.4, 0.5) is 4.39 Å². The van der Waals surface area contributed by atoms with Crippen LogP contribution in [-0.2, 0) is 0 Å². The third-order valence-corrected chi connectivity index (χ3v) is 4.22. The van der Waals surface area contributed by atoms with Gasteiger partial charge in [-0.15, -0.1) is 24.8 Å². The number of halogens is 3. The maximum absolute atomic E-state index is 13.1. The van der Waals surface area contributed by atoms with Crippen molar-refractivity contribution in [3.05, 3.63) is 48.3 Å². The second-order valence-electron chi connectivity index (χ2n) is 5.77. The second-order valence-corrected chi connectivity index (χ2v) is 5.77. The van der Waals surface area contributed by atoms with E-state index in [-0.39, 0.29) is 42.6 Å². The highest BCUT2D eigenvalue weighted by Gasteiger charge is 2.33. The van der Waals surface area contributed by atoms with Crippen LogP contribution < -0.4 is 5.73 Å². The van der Waals surface area contributed by atoms with Crippen molar-refractivity contribution in [1.29, 1.82) is 0 Å². The lowest BCUT2D eigenvalue weighted by molar-refractivity contribution is 0.0735. The van der Waals surface area contributed by atoms with Gasteiger partial charge in [-0.25, -0.2) is 9.37 Å². The molecule has 8 heteroatoms. The molecule has 1 amide bonds. The number of hydrogen-bond donors (Lipinski definition) is 1. The Morgan fingerprint density at radius 1 is 1.33 bits per heavy atom. The van der Waals surface area contributed by atoms with Gasteiger partial charge < -0.3 is 10.6 Å². The molecule has 2 atom stereocenters. The van der Waals surface area contributed by atoms with Gasteiger partial charge in [0.1, 0.15) is 11.5 Å². The largest absolute Gasteiger partial charge is 0.334 e. The summed E-state index contributed by atoms with van der Waals surface area (Å²) in [5.41, 5.74) is 6.92. The van der Waals surface area contributed by atoms with Gasteiger partial charge in [0.2, 0.25) is 0 Å². The molecule has 2 N–H and O–H groups in total. The first-order chi connectivity index (χ1) is 10.6. The van der Waals surface area contributed by atoms with E-state index in [1.165, 1.54) is 12.1 Å². The van der Waals surface area contributed by atoms with Crippen molar-refractivity contribution in [2.75, 3.05) is 13.1 Å². The number of amides is 1. The van der Waals surface area contributed by atoms with Gasteiger partial charge in [0, 0.05) is 18.3 Å². The van der Waals surface area contributed by atoms with Crippen LogP contribution in [0, 0.1) is 11.7 Å². The van der Waals surface area contributed by atoms with Crippen molar-refractivity contribution in [2.24, 2.45) is 11.7 Å². The lowest BCUT2D eigenvalue weighted by Gasteiger charge is -2.22. The number of rotatable bonds is 3. The number of carbonyl (C=O) groups excluding carboxylic acids is 1. The molecule has 2 unspecified atom stereocenters. The van der Waals surface area contributed by atoms with Crippen LogP contribution in [-0.4, -0.2) is 39.5 Å². The Labute approximate surface area is 152 Å². The van der Waals surface area contributed by atoms with Crippen LogP contribution in [0.15, 0.2) is 36.8 Å². The summed E-state index contributed by atoms with van der Waals surface area (Å²) in [6.07, 6.45) is 4.04. The molecule has 1 aliphatic heterocycles. The van der Waals surface area contributed by atoms with Crippen molar-refractivity contribution < 1.29 is 9.18 Å². The predicted molar refractivity (Wildman–Crippen MR) is 95.7 cm³/mol. The van der Waals surface area contributed by atoms with Crippen molar-refractivity contribution >= 4 is 30.7 Å². The summed E-state index contributed by atoms with van der Waals surface area (Å²) in [6, 6.07) is 6.16. The molecule has 1 aromatic carbocycles. The molecule has 0 saturated carbocycles. The number of aromatic nitrogens is 2. The Bertz CT molecular complexity index is 677. The molecule has 1 aromatic heterocycles. The summed E-state index contributed by atoms with van der Waals surface area (Å²) in [6.45, 7) is 3.29. The Hall–Kier alpha value is -1.63. The van der Waals surface area contributed by atoms with Gasteiger partial charge in [0.15, 0.2) is 0 Å². The molecule has 2 aromatic rings. The van der Waals surface area contributed by atoms with Crippen LogP contribution in [0.5, 0.6) is 0 Å². The minimum Gasteiger partial charge on any atom is -0.334 e. The summed E-state index contributed by atoms with van der Waals surface area (Å²) < 4.78 is 14.7. The molecule has 1 aliphatic rings. The Kier molecular flexibility index (Phi) is 7.20. The molecule has 0 aliphatic carbocycles. The van der Waals surface area contributed by atoms with Crippen molar-refractivity contribution in [1.82, 2.24) is 14.5 Å². The molecule has 1 fully saturated rings. The number of benzene rings is 1. The lowest BCUT2D eigenvalue weighted by atomic mass is 10.1. The highest BCUT2D eigenvalue weighted by atomic mass is 35.5. The molecule has 2 heterocycles. The van der Waals surface area contributed by atoms with E-state index in [0.29, 0.717) is 30.4 Å². The van der Waals surface area contributed by atoms with E-state index in [1.807, 2.05) is 11.8 Å². The first kappa shape index (κ1) is 20.4. The zero-order valence-corrected chi connectivity index (χ0v) is 14.9. The van der Waals surface area contributed by atoms with E-state index in [1.54, 1.807) is 29.2 Å². The van der Waals surface area contributed by atoms with E-state index < -0.39 is 0 Å². The number of nitrogens with zero attached hydrogens (tertiary/aromatic N) is 3. The predicted octanol–water partition coefficient (Wildman–Crippen LogP) is 2.66. The minimum absolute atomic E-state index is 0. The fourth-order valence-corrected chi connectivity index (χ4v) is 3.00. The van der Waals surface area contributed by atoms with Gasteiger partial charge in [-0.3, -0.25) is 9.36 Å². The van der Waals surface area contributed by atoms with Gasteiger partial charge in [-0.2, -0.15) is 0 Å². The van der Waals surface area contributed by atoms with Gasteiger partial charge in [0.25, 0.3) is 5.91 Å². The fraction of sp³-hybridized carbons (Fsp3) is 0.375. The molecule has 0 bridgehead atoms. The van der Waals surface area contributed by atoms with Crippen LogP contribution in [0.3, 0.4) is 0 Å². The third kappa shape index (κ3) is 3.88. The summed E-state index contributed by atoms with van der Waals surface area (Å²) in [5, 5.41) is 0. The Balaban J connectivity index is 0.00000144. The van der Waals surface area contributed by atoms with E-state index >= 15 is 0 Å². The van der Waals surface area contributed by atoms with Gasteiger partial charge in [-0.1, -0.05) is 0 Å². The number of likely N-dealkylation sites (tertiary alicyclic amines) is 1. The topological polar surface area (TPSA) is 64.2 Å². The summed E-state index contributed by atoms with van der Waals surface area (Å²) in [7, 11) is 0. The smallest absolute Gasteiger partial charge is 0.272 e. The summed E-state index contributed by atoms with van der Waals surface area (Å²) in [5.74, 6) is -0.0258. The summed E-state index contributed by atoms with van der Waals surface area (Å²) in [4.78, 5) is 18.7. The van der Waals surface area contributed by atoms with Gasteiger partial charge in [0.05, 0.1) is 12.5 Å². The van der Waals surface area contributed by atoms with E-state index in [0.717, 1.165) is 6.42 Å². The quantitative estimate of drug-likeness (QED) is 0.897. The average Bonchev–Trinajstić information content (AvgIpc) is 3.14. The van der Waals surface area contributed by atoms with E-state index in [9.17, 15) is 9.18 Å². The first-order valence-corrected chi connectivity index (χ1v) is 7.39. The van der Waals surface area contributed by atoms with Crippen LogP contribution in [0.2, 0.25) is 0 Å². The minimum atomic E-state index is -0.310. The highest BCUT2D eigenvalue weighted by molar-refractivity contribution is 5.93. The van der Waals surface area contributed by atoms with Crippen LogP contribution in [0.1, 0.15) is 23.8 Å². The number of imidazole rings is 1. The first-order valence-electron chi connectivity index (χ1n) is 7.39. The molecule has 1 saturated heterocycles. The molecule has 0 radical (unpaired) electrons. The van der Waals surface area contributed by atoms with Crippen molar-refractivity contribution in [3.8, 4) is 5.69 Å². The molecule has 0 spiro atoms. The maximum atomic E-state index is 13.1. The zero-order chi connectivity index (χ0) is 15.7. The molecular weight excluding hydrogens is 354 g/mol. The molecule has 5 nitrogen and oxygen atoms in total. The van der Waals surface area contributed by atoms with Crippen molar-refractivity contribution in [2.45, 2.75) is 19.4 Å². The highest BCUT2D eigenvalue weighted by Crippen LogP contribution is 2.24. The molecule has 3 rings (SSSR count). The lowest BCUT2D eigenvalue weighted by Crippen LogP contribution is -2.35. The Morgan fingerprint density at radius 3 is 2.58 bits per heavy atom. The third-order valence-electron chi connectivity index (χ3n) is 4.22. The number of hydrogen-bond acceptors (Lipinski definition) is 3. The van der Waals surface area contributed by atoms with Crippen LogP contribution >= 0.6 is 24.8 Å². The normalized spacial score (nSPS) is 19.5. The fourth-order valence-electron chi connectivity index (χ4n) is 3.00. The van der Waals surface area contributed by atoms with E-state index in [2.05, 4.69) is 4.98 Å². The van der Waals surface area contributed by atoms with Gasteiger partial charge in [-0.05, 0) is 50.1 Å². The number of nitrogens with two attached hydrogens (primary N) is 1. The van der Waals surface area contributed by atoms with Crippen LogP contribution in [0.25, 0.3) is 5.69 Å². The molecule has 24 heavy (non-hydrogen) atoms. The molecular formula is C16H21Cl2FN4O. The van der Waals surface area contributed by atoms with Gasteiger partial charge >= 0.3 is 0 Å². The summed E-state index contributed by atoms with van der Waals surface area (Å²) >= 11 is 0. The van der Waals surface area contributed by atoms with E-state index in [4.69, 9.17) is 5.73 Å². The second kappa shape index (κ2) is 8.46. The zero-order valence-electron chi connectivity index (χ0n) is 13.3. The molecule has 132 valence electrons. The number of carbonyl (C=O) groups is 1. The SMILES string of the molecule is CC1CC(CN)CN1C(=O)c1cncn1-c1ccc(F)cc1.Cl.Cl. The standard InChI is InChI=1S/C16H19FN4O.2ClH/c1-11-6-12(7-18)9-20(11)16(22)15-8-19-10-21(15)14-4-2-13(17)3-5-14;;/h2-5,8,10-12H,6-7,9,18H2,1H3;2*1H. The average molecular weight is 375 g/mol. The monoisotopic (exact) mass is 374 g/mol.